The Morgan fingerprint density at radius 2 is 1.76 bits per heavy atom. The fourth-order valence-corrected chi connectivity index (χ4v) is 5.14. The molecule has 1 aliphatic heterocycles. The van der Waals surface area contributed by atoms with Crippen LogP contribution in [0.3, 0.4) is 0 Å². The summed E-state index contributed by atoms with van der Waals surface area (Å²) in [7, 11) is -1.93. The van der Waals surface area contributed by atoms with Crippen LogP contribution in [0.2, 0.25) is 0 Å². The van der Waals surface area contributed by atoms with E-state index in [2.05, 4.69) is 0 Å². The molecule has 0 N–H and O–H groups in total. The van der Waals surface area contributed by atoms with E-state index < -0.39 is 13.5 Å². The Morgan fingerprint density at radius 3 is 2.44 bits per heavy atom. The van der Waals surface area contributed by atoms with Gasteiger partial charge in [0.1, 0.15) is 6.54 Å². The van der Waals surface area contributed by atoms with Crippen LogP contribution in [0.25, 0.3) is 11.1 Å². The molecule has 6 heteroatoms. The summed E-state index contributed by atoms with van der Waals surface area (Å²) < 4.78 is 25.7. The highest BCUT2D eigenvalue weighted by atomic mass is 31.2. The van der Waals surface area contributed by atoms with Gasteiger partial charge in [-0.05, 0) is 36.1 Å². The summed E-state index contributed by atoms with van der Waals surface area (Å²) in [5, 5.41) is 0.609. The van der Waals surface area contributed by atoms with Gasteiger partial charge < -0.3 is 9.26 Å². The van der Waals surface area contributed by atoms with E-state index in [1.54, 1.807) is 4.67 Å². The molecule has 1 heterocycles. The molecule has 0 amide bonds. The standard InChI is InChI=1S/C19H22NO4P/c1-23-19(21)15-20-13-5-6-14-24-25(20,22)18-11-9-17(10-12-18)16-7-3-2-4-8-16/h2-4,7-12H,5-6,13-15H2,1H3. The van der Waals surface area contributed by atoms with Crippen molar-refractivity contribution in [2.75, 3.05) is 26.8 Å². The van der Waals surface area contributed by atoms with E-state index in [4.69, 9.17) is 9.26 Å². The molecule has 1 saturated heterocycles. The predicted octanol–water partition coefficient (Wildman–Crippen LogP) is 3.46. The number of methoxy groups -OCH3 is 1. The van der Waals surface area contributed by atoms with Crippen LogP contribution in [0.1, 0.15) is 12.8 Å². The van der Waals surface area contributed by atoms with Gasteiger partial charge in [0.25, 0.3) is 0 Å². The summed E-state index contributed by atoms with van der Waals surface area (Å²) in [4.78, 5) is 11.7. The molecule has 0 aliphatic carbocycles. The molecule has 1 atom stereocenters. The number of esters is 1. The molecule has 0 aromatic heterocycles. The maximum absolute atomic E-state index is 13.6. The van der Waals surface area contributed by atoms with E-state index in [9.17, 15) is 9.36 Å². The second-order valence-corrected chi connectivity index (χ2v) is 8.32. The first-order valence-electron chi connectivity index (χ1n) is 8.36. The minimum atomic E-state index is -3.27. The van der Waals surface area contributed by atoms with E-state index in [1.165, 1.54) is 7.11 Å². The molecule has 0 spiro atoms. The van der Waals surface area contributed by atoms with Gasteiger partial charge in [0.05, 0.1) is 19.0 Å². The van der Waals surface area contributed by atoms with Crippen LogP contribution in [0.15, 0.2) is 54.6 Å². The number of nitrogens with zero attached hydrogens (tertiary/aromatic N) is 1. The van der Waals surface area contributed by atoms with Gasteiger partial charge in [0.2, 0.25) is 0 Å². The molecule has 3 rings (SSSR count). The minimum Gasteiger partial charge on any atom is -0.468 e. The first kappa shape index (κ1) is 17.9. The number of rotatable bonds is 4. The van der Waals surface area contributed by atoms with Crippen molar-refractivity contribution in [1.29, 1.82) is 0 Å². The van der Waals surface area contributed by atoms with Crippen molar-refractivity contribution in [3.8, 4) is 11.1 Å². The van der Waals surface area contributed by atoms with Crippen LogP contribution >= 0.6 is 7.52 Å². The first-order chi connectivity index (χ1) is 12.1. The van der Waals surface area contributed by atoms with Crippen molar-refractivity contribution < 1.29 is 18.6 Å². The fourth-order valence-electron chi connectivity index (χ4n) is 2.89. The molecule has 0 saturated carbocycles. The third kappa shape index (κ3) is 4.01. The van der Waals surface area contributed by atoms with Crippen LogP contribution in [-0.4, -0.2) is 37.4 Å². The van der Waals surface area contributed by atoms with Crippen molar-refractivity contribution >= 4 is 18.8 Å². The molecule has 1 unspecified atom stereocenters. The van der Waals surface area contributed by atoms with E-state index in [-0.39, 0.29) is 6.54 Å². The molecule has 1 fully saturated rings. The normalized spacial score (nSPS) is 21.5. The molecule has 5 nitrogen and oxygen atoms in total. The molecule has 2 aromatic rings. The molecule has 2 aromatic carbocycles. The number of hydrogen-bond acceptors (Lipinski definition) is 4. The molecular weight excluding hydrogens is 337 g/mol. The van der Waals surface area contributed by atoms with Crippen molar-refractivity contribution in [3.63, 3.8) is 0 Å². The average molecular weight is 359 g/mol. The maximum Gasteiger partial charge on any atom is 0.320 e. The zero-order valence-corrected chi connectivity index (χ0v) is 15.2. The zero-order valence-electron chi connectivity index (χ0n) is 14.3. The third-order valence-electron chi connectivity index (χ3n) is 4.29. The number of hydrogen-bond donors (Lipinski definition) is 0. The summed E-state index contributed by atoms with van der Waals surface area (Å²) in [5.41, 5.74) is 2.14. The van der Waals surface area contributed by atoms with Crippen LogP contribution in [-0.2, 0) is 18.6 Å². The van der Waals surface area contributed by atoms with Gasteiger partial charge in [-0.15, -0.1) is 0 Å². The highest BCUT2D eigenvalue weighted by Crippen LogP contribution is 2.51. The molecule has 132 valence electrons. The number of ether oxygens (including phenoxy) is 1. The van der Waals surface area contributed by atoms with E-state index in [0.29, 0.717) is 18.5 Å². The highest BCUT2D eigenvalue weighted by molar-refractivity contribution is 7.64. The Morgan fingerprint density at radius 1 is 1.08 bits per heavy atom. The molecule has 0 bridgehead atoms. The Balaban J connectivity index is 1.90. The topological polar surface area (TPSA) is 55.8 Å². The first-order valence-corrected chi connectivity index (χ1v) is 9.94. The van der Waals surface area contributed by atoms with Crippen molar-refractivity contribution in [1.82, 2.24) is 4.67 Å². The SMILES string of the molecule is COC(=O)CN1CCCCOP1(=O)c1ccc(-c2ccccc2)cc1. The van der Waals surface area contributed by atoms with Crippen molar-refractivity contribution in [2.24, 2.45) is 0 Å². The Hall–Kier alpha value is -1.94. The van der Waals surface area contributed by atoms with E-state index in [0.717, 1.165) is 24.0 Å². The zero-order chi connectivity index (χ0) is 17.7. The second kappa shape index (κ2) is 7.96. The van der Waals surface area contributed by atoms with Gasteiger partial charge in [-0.3, -0.25) is 9.36 Å². The smallest absolute Gasteiger partial charge is 0.320 e. The van der Waals surface area contributed by atoms with Gasteiger partial charge in [0.15, 0.2) is 0 Å². The molecule has 25 heavy (non-hydrogen) atoms. The van der Waals surface area contributed by atoms with Gasteiger partial charge in [-0.25, -0.2) is 4.67 Å². The molecule has 1 aliphatic rings. The van der Waals surface area contributed by atoms with Crippen LogP contribution in [0, 0.1) is 0 Å². The lowest BCUT2D eigenvalue weighted by Gasteiger charge is -2.28. The van der Waals surface area contributed by atoms with Crippen LogP contribution in [0.5, 0.6) is 0 Å². The summed E-state index contributed by atoms with van der Waals surface area (Å²) in [6.07, 6.45) is 1.66. The molecule has 0 radical (unpaired) electrons. The summed E-state index contributed by atoms with van der Waals surface area (Å²) in [6, 6.07) is 17.5. The summed E-state index contributed by atoms with van der Waals surface area (Å²) in [5.74, 6) is -0.411. The lowest BCUT2D eigenvalue weighted by atomic mass is 10.1. The van der Waals surface area contributed by atoms with E-state index in [1.807, 2.05) is 54.6 Å². The Bertz CT molecular complexity index is 761. The van der Waals surface area contributed by atoms with Crippen LogP contribution in [0.4, 0.5) is 0 Å². The second-order valence-electron chi connectivity index (χ2n) is 5.94. The van der Waals surface area contributed by atoms with Gasteiger partial charge in [-0.2, -0.15) is 0 Å². The maximum atomic E-state index is 13.6. The van der Waals surface area contributed by atoms with Gasteiger partial charge >= 0.3 is 13.5 Å². The highest BCUT2D eigenvalue weighted by Gasteiger charge is 2.36. The van der Waals surface area contributed by atoms with Crippen LogP contribution < -0.4 is 5.30 Å². The minimum absolute atomic E-state index is 0.0335. The monoisotopic (exact) mass is 359 g/mol. The van der Waals surface area contributed by atoms with Crippen molar-refractivity contribution in [2.45, 2.75) is 12.8 Å². The lowest BCUT2D eigenvalue weighted by Crippen LogP contribution is -2.32. The Labute approximate surface area is 148 Å². The lowest BCUT2D eigenvalue weighted by molar-refractivity contribution is -0.140. The number of carbonyl (C=O) groups excluding carboxylic acids is 1. The Kier molecular flexibility index (Phi) is 5.69. The van der Waals surface area contributed by atoms with Gasteiger partial charge in [-0.1, -0.05) is 42.5 Å². The summed E-state index contributed by atoms with van der Waals surface area (Å²) in [6.45, 7) is 0.941. The quantitative estimate of drug-likeness (QED) is 0.618. The number of benzene rings is 2. The average Bonchev–Trinajstić information content (AvgIpc) is 2.85. The fraction of sp³-hybridized carbons (Fsp3) is 0.316. The van der Waals surface area contributed by atoms with Crippen molar-refractivity contribution in [3.05, 3.63) is 54.6 Å². The largest absolute Gasteiger partial charge is 0.468 e. The molecular formula is C19H22NO4P. The van der Waals surface area contributed by atoms with E-state index >= 15 is 0 Å². The third-order valence-corrected chi connectivity index (χ3v) is 6.86. The predicted molar refractivity (Wildman–Crippen MR) is 97.9 cm³/mol. The van der Waals surface area contributed by atoms with Gasteiger partial charge in [0, 0.05) is 6.54 Å². The number of carbonyl (C=O) groups is 1. The summed E-state index contributed by atoms with van der Waals surface area (Å²) >= 11 is 0.